The summed E-state index contributed by atoms with van der Waals surface area (Å²) in [5, 5.41) is 3.24. The summed E-state index contributed by atoms with van der Waals surface area (Å²) in [7, 11) is 0. The fraction of sp³-hybridized carbons (Fsp3) is 0.538. The van der Waals surface area contributed by atoms with Crippen molar-refractivity contribution in [3.63, 3.8) is 0 Å². The van der Waals surface area contributed by atoms with Crippen molar-refractivity contribution in [2.24, 2.45) is 0 Å². The van der Waals surface area contributed by atoms with Crippen LogP contribution >= 0.6 is 0 Å². The fourth-order valence-electron chi connectivity index (χ4n) is 2.38. The molecule has 1 N–H and O–H groups in total. The normalized spacial score (nSPS) is 19.2. The maximum Gasteiger partial charge on any atom is 0.123 e. The van der Waals surface area contributed by atoms with E-state index in [0.29, 0.717) is 0 Å². The zero-order chi connectivity index (χ0) is 12.3. The number of alkyl halides is 1. The van der Waals surface area contributed by atoms with Crippen molar-refractivity contribution in [2.45, 2.75) is 13.0 Å². The summed E-state index contributed by atoms with van der Waals surface area (Å²) in [4.78, 5) is 2.12. The predicted molar refractivity (Wildman–Crippen MR) is 64.3 cm³/mol. The third-order valence-electron chi connectivity index (χ3n) is 3.33. The fourth-order valence-corrected chi connectivity index (χ4v) is 2.38. The molecule has 1 saturated heterocycles. The molecule has 1 aliphatic heterocycles. The number of nitrogens with zero attached hydrogens (tertiary/aromatic N) is 1. The Bertz CT molecular complexity index is 376. The lowest BCUT2D eigenvalue weighted by Gasteiger charge is -2.34. The second kappa shape index (κ2) is 5.56. The second-order valence-electron chi connectivity index (χ2n) is 4.46. The van der Waals surface area contributed by atoms with Crippen LogP contribution in [0.3, 0.4) is 0 Å². The van der Waals surface area contributed by atoms with Gasteiger partial charge in [0.25, 0.3) is 0 Å². The number of piperazine rings is 1. The highest BCUT2D eigenvalue weighted by atomic mass is 19.1. The van der Waals surface area contributed by atoms with Gasteiger partial charge in [0, 0.05) is 26.2 Å². The molecular formula is C13H18F2N2. The van der Waals surface area contributed by atoms with Crippen LogP contribution in [0.4, 0.5) is 8.78 Å². The average Bonchev–Trinajstić information content (AvgIpc) is 2.34. The molecule has 0 bridgehead atoms. The molecule has 1 heterocycles. The third kappa shape index (κ3) is 2.82. The van der Waals surface area contributed by atoms with Crippen LogP contribution in [-0.2, 0) is 0 Å². The molecule has 0 saturated carbocycles. The number of halogens is 2. The lowest BCUT2D eigenvalue weighted by Crippen LogP contribution is -2.45. The third-order valence-corrected chi connectivity index (χ3v) is 3.33. The molecule has 1 aliphatic rings. The minimum atomic E-state index is -0.424. The van der Waals surface area contributed by atoms with Crippen molar-refractivity contribution in [3.05, 3.63) is 35.1 Å². The second-order valence-corrected chi connectivity index (χ2v) is 4.46. The first kappa shape index (κ1) is 12.5. The summed E-state index contributed by atoms with van der Waals surface area (Å²) in [6.07, 6.45) is 0. The van der Waals surface area contributed by atoms with Gasteiger partial charge in [0.2, 0.25) is 0 Å². The topological polar surface area (TPSA) is 15.3 Å². The molecule has 1 aromatic rings. The van der Waals surface area contributed by atoms with E-state index in [1.807, 2.05) is 6.92 Å². The summed E-state index contributed by atoms with van der Waals surface area (Å²) >= 11 is 0. The van der Waals surface area contributed by atoms with Crippen LogP contribution in [0.2, 0.25) is 0 Å². The SMILES string of the molecule is Cc1cc(F)ccc1[C@H](CF)N1CCNCC1. The number of benzene rings is 1. The molecule has 0 aliphatic carbocycles. The molecule has 0 amide bonds. The highest BCUT2D eigenvalue weighted by molar-refractivity contribution is 5.29. The number of hydrogen-bond donors (Lipinski definition) is 1. The first-order chi connectivity index (χ1) is 8.22. The van der Waals surface area contributed by atoms with Crippen LogP contribution in [-0.4, -0.2) is 37.8 Å². The van der Waals surface area contributed by atoms with Crippen molar-refractivity contribution >= 4 is 0 Å². The number of nitrogens with one attached hydrogen (secondary N) is 1. The molecule has 94 valence electrons. The molecule has 1 atom stereocenters. The van der Waals surface area contributed by atoms with Crippen molar-refractivity contribution in [1.29, 1.82) is 0 Å². The molecule has 0 aromatic heterocycles. The smallest absolute Gasteiger partial charge is 0.123 e. The van der Waals surface area contributed by atoms with Gasteiger partial charge in [-0.1, -0.05) is 6.07 Å². The lowest BCUT2D eigenvalue weighted by atomic mass is 10.00. The van der Waals surface area contributed by atoms with Gasteiger partial charge in [-0.05, 0) is 30.2 Å². The summed E-state index contributed by atoms with van der Waals surface area (Å²) in [5.74, 6) is -0.260. The summed E-state index contributed by atoms with van der Waals surface area (Å²) in [6, 6.07) is 4.35. The molecule has 2 nitrogen and oxygen atoms in total. The van der Waals surface area contributed by atoms with Crippen molar-refractivity contribution in [2.75, 3.05) is 32.9 Å². The summed E-state index contributed by atoms with van der Waals surface area (Å²) < 4.78 is 26.3. The Hall–Kier alpha value is -1.00. The van der Waals surface area contributed by atoms with Crippen molar-refractivity contribution in [1.82, 2.24) is 10.2 Å². The van der Waals surface area contributed by atoms with Crippen LogP contribution in [0.15, 0.2) is 18.2 Å². The highest BCUT2D eigenvalue weighted by Crippen LogP contribution is 2.25. The molecule has 1 aromatic carbocycles. The molecule has 0 spiro atoms. The van der Waals surface area contributed by atoms with Crippen LogP contribution in [0.1, 0.15) is 17.2 Å². The average molecular weight is 240 g/mol. The van der Waals surface area contributed by atoms with E-state index >= 15 is 0 Å². The quantitative estimate of drug-likeness (QED) is 0.870. The first-order valence-corrected chi connectivity index (χ1v) is 5.99. The molecule has 4 heteroatoms. The predicted octanol–water partition coefficient (Wildman–Crippen LogP) is 2.05. The molecule has 17 heavy (non-hydrogen) atoms. The van der Waals surface area contributed by atoms with Gasteiger partial charge in [-0.15, -0.1) is 0 Å². The minimum absolute atomic E-state index is 0.238. The zero-order valence-corrected chi connectivity index (χ0v) is 10.0. The van der Waals surface area contributed by atoms with E-state index in [9.17, 15) is 8.78 Å². The van der Waals surface area contributed by atoms with E-state index < -0.39 is 6.67 Å². The largest absolute Gasteiger partial charge is 0.314 e. The Morgan fingerprint density at radius 3 is 2.65 bits per heavy atom. The van der Waals surface area contributed by atoms with Crippen LogP contribution < -0.4 is 5.32 Å². The Morgan fingerprint density at radius 1 is 1.35 bits per heavy atom. The Morgan fingerprint density at radius 2 is 2.06 bits per heavy atom. The van der Waals surface area contributed by atoms with E-state index in [-0.39, 0.29) is 11.9 Å². The zero-order valence-electron chi connectivity index (χ0n) is 10.0. The van der Waals surface area contributed by atoms with E-state index in [2.05, 4.69) is 10.2 Å². The Kier molecular flexibility index (Phi) is 4.07. The molecule has 0 radical (unpaired) electrons. The van der Waals surface area contributed by atoms with Crippen LogP contribution in [0, 0.1) is 12.7 Å². The lowest BCUT2D eigenvalue weighted by molar-refractivity contribution is 0.147. The Labute approximate surface area is 101 Å². The minimum Gasteiger partial charge on any atom is -0.314 e. The molecule has 1 fully saturated rings. The number of aryl methyl sites for hydroxylation is 1. The van der Waals surface area contributed by atoms with E-state index in [0.717, 1.165) is 37.3 Å². The monoisotopic (exact) mass is 240 g/mol. The van der Waals surface area contributed by atoms with Gasteiger partial charge in [0.1, 0.15) is 12.5 Å². The van der Waals surface area contributed by atoms with Crippen molar-refractivity contribution < 1.29 is 8.78 Å². The maximum absolute atomic E-state index is 13.3. The van der Waals surface area contributed by atoms with Gasteiger partial charge in [0.15, 0.2) is 0 Å². The van der Waals surface area contributed by atoms with Crippen LogP contribution in [0.5, 0.6) is 0 Å². The van der Waals surface area contributed by atoms with E-state index in [1.54, 1.807) is 6.07 Å². The van der Waals surface area contributed by atoms with Crippen LogP contribution in [0.25, 0.3) is 0 Å². The summed E-state index contributed by atoms with van der Waals surface area (Å²) in [6.45, 7) is 4.86. The molecule has 0 unspecified atom stereocenters. The van der Waals surface area contributed by atoms with Gasteiger partial charge in [0.05, 0.1) is 6.04 Å². The number of rotatable bonds is 3. The standard InChI is InChI=1S/C13H18F2N2/c1-10-8-11(15)2-3-12(10)13(9-14)17-6-4-16-5-7-17/h2-3,8,13,16H,4-7,9H2,1H3/t13-/m0/s1. The highest BCUT2D eigenvalue weighted by Gasteiger charge is 2.23. The van der Waals surface area contributed by atoms with E-state index in [4.69, 9.17) is 0 Å². The summed E-state index contributed by atoms with van der Waals surface area (Å²) in [5.41, 5.74) is 1.72. The van der Waals surface area contributed by atoms with Gasteiger partial charge < -0.3 is 5.32 Å². The number of hydrogen-bond acceptors (Lipinski definition) is 2. The van der Waals surface area contributed by atoms with Gasteiger partial charge in [-0.3, -0.25) is 4.90 Å². The van der Waals surface area contributed by atoms with Gasteiger partial charge in [-0.2, -0.15) is 0 Å². The molecular weight excluding hydrogens is 222 g/mol. The van der Waals surface area contributed by atoms with Crippen molar-refractivity contribution in [3.8, 4) is 0 Å². The van der Waals surface area contributed by atoms with E-state index in [1.165, 1.54) is 12.1 Å². The Balaban J connectivity index is 2.21. The maximum atomic E-state index is 13.3. The first-order valence-electron chi connectivity index (χ1n) is 5.99. The van der Waals surface area contributed by atoms with Gasteiger partial charge >= 0.3 is 0 Å². The molecule has 2 rings (SSSR count). The van der Waals surface area contributed by atoms with Gasteiger partial charge in [-0.25, -0.2) is 8.78 Å².